The molecule has 3 heterocycles. The smallest absolute Gasteiger partial charge is 0.338 e. The number of ketones is 1. The molecule has 2 aromatic carbocycles. The zero-order valence-corrected chi connectivity index (χ0v) is 36.4. The number of Topliss-reactive ketones (excluding diaryl/α,β-unsaturated/α-hetero) is 1. The zero-order valence-electron chi connectivity index (χ0n) is 36.4. The normalized spacial score (nSPS) is 24.8. The van der Waals surface area contributed by atoms with E-state index in [0.717, 1.165) is 10.5 Å². The van der Waals surface area contributed by atoms with Crippen LogP contribution in [-0.4, -0.2) is 146 Å². The molecular weight excluding hydrogens is 815 g/mol. The number of aliphatic hydroxyl groups excluding tert-OH is 2. The van der Waals surface area contributed by atoms with Crippen molar-refractivity contribution in [1.29, 1.82) is 0 Å². The van der Waals surface area contributed by atoms with Gasteiger partial charge in [-0.15, -0.1) is 0 Å². The third kappa shape index (κ3) is 10.7. The molecule has 1 aliphatic carbocycles. The van der Waals surface area contributed by atoms with Gasteiger partial charge in [0, 0.05) is 44.6 Å². The summed E-state index contributed by atoms with van der Waals surface area (Å²) in [6.45, 7) is 8.86. The maximum atomic E-state index is 14.4. The number of aryl methyl sites for hydroxylation is 1. The molecule has 6 N–H and O–H groups in total. The highest BCUT2D eigenvalue weighted by molar-refractivity contribution is 6.09. The fraction of sp³-hybridized carbons (Fsp3) is 0.556. The topological polar surface area (TPSA) is 244 Å². The lowest BCUT2D eigenvalue weighted by molar-refractivity contribution is -0.152. The van der Waals surface area contributed by atoms with Crippen molar-refractivity contribution in [2.24, 2.45) is 5.92 Å². The molecule has 18 heteroatoms. The highest BCUT2D eigenvalue weighted by atomic mass is 16.5. The molecule has 0 unspecified atom stereocenters. The Morgan fingerprint density at radius 3 is 2.29 bits per heavy atom. The van der Waals surface area contributed by atoms with Gasteiger partial charge in [0.1, 0.15) is 35.7 Å². The van der Waals surface area contributed by atoms with Crippen molar-refractivity contribution in [1.82, 2.24) is 30.7 Å². The Labute approximate surface area is 366 Å². The number of ether oxygens (including phenoxy) is 1. The third-order valence-electron chi connectivity index (χ3n) is 12.3. The van der Waals surface area contributed by atoms with E-state index in [0.29, 0.717) is 49.9 Å². The fourth-order valence-electron chi connectivity index (χ4n) is 9.08. The minimum Gasteiger partial charge on any atom is -0.462 e. The SMILES string of the molecule is CCOC(=O)c1ccc(NC(=O)N[C@@H](Cc2cccc(C)c2)C(=O)N[C@H](C(=O)N2C[C@H](O)C[C@H]2C(=O)N2CCCC[C@H]2C(=O)N[C@@H](C)C(=O)N2C[C@H](C)C[C@@]23CC3=O)[C@H](C)O)cc1. The molecule has 4 aliphatic rings. The van der Waals surface area contributed by atoms with Gasteiger partial charge in [-0.25, -0.2) is 9.59 Å². The number of carbonyl (C=O) groups is 8. The van der Waals surface area contributed by atoms with Crippen molar-refractivity contribution < 1.29 is 53.3 Å². The number of rotatable bonds is 14. The maximum absolute atomic E-state index is 14.4. The van der Waals surface area contributed by atoms with Gasteiger partial charge in [0.15, 0.2) is 5.78 Å². The molecule has 4 fully saturated rings. The second-order valence-electron chi connectivity index (χ2n) is 17.4. The molecule has 9 atom stereocenters. The lowest BCUT2D eigenvalue weighted by atomic mass is 9.98. The molecule has 3 saturated heterocycles. The van der Waals surface area contributed by atoms with Gasteiger partial charge in [-0.05, 0) is 89.1 Å². The first-order valence-corrected chi connectivity index (χ1v) is 21.7. The predicted octanol–water partition coefficient (Wildman–Crippen LogP) is 1.20. The molecule has 3 aliphatic heterocycles. The molecule has 0 bridgehead atoms. The van der Waals surface area contributed by atoms with Crippen LogP contribution >= 0.6 is 0 Å². The standard InChI is InChI=1S/C45H59N7O11/c1-6-63-43(61)30-13-15-31(16-14-30)47-44(62)48-33(19-29-11-9-10-25(2)18-29)38(56)49-37(28(5)53)42(60)51-24-32(54)20-35(51)41(59)50-17-8-7-12-34(50)39(57)46-27(4)40(58)52-23-26(3)21-45(52)22-36(45)55/h9-11,13-16,18,26-28,32-35,37,53-54H,6-8,12,17,19-24H2,1-5H3,(H,46,57)(H,49,56)(H2,47,48,62)/t26-,27+,28+,32-,33+,34+,35+,37+,45+/m1/s1. The van der Waals surface area contributed by atoms with Crippen molar-refractivity contribution in [2.45, 2.75) is 128 Å². The molecule has 1 spiro atoms. The molecular formula is C45H59N7O11. The number of anilines is 1. The van der Waals surface area contributed by atoms with Gasteiger partial charge < -0.3 is 50.9 Å². The van der Waals surface area contributed by atoms with Gasteiger partial charge in [-0.1, -0.05) is 36.8 Å². The van der Waals surface area contributed by atoms with E-state index in [-0.39, 0.29) is 55.7 Å². The van der Waals surface area contributed by atoms with Crippen LogP contribution in [0.15, 0.2) is 48.5 Å². The van der Waals surface area contributed by atoms with Crippen LogP contribution in [0.25, 0.3) is 0 Å². The van der Waals surface area contributed by atoms with Gasteiger partial charge in [0.05, 0.1) is 24.4 Å². The van der Waals surface area contributed by atoms with Crippen LogP contribution in [0.3, 0.4) is 0 Å². The zero-order chi connectivity index (χ0) is 45.7. The maximum Gasteiger partial charge on any atom is 0.338 e. The van der Waals surface area contributed by atoms with Crippen molar-refractivity contribution in [2.75, 3.05) is 31.6 Å². The molecule has 340 valence electrons. The Hall–Kier alpha value is -5.88. The molecule has 2 aromatic rings. The summed E-state index contributed by atoms with van der Waals surface area (Å²) >= 11 is 0. The summed E-state index contributed by atoms with van der Waals surface area (Å²) in [5.41, 5.74) is 1.39. The van der Waals surface area contributed by atoms with Crippen LogP contribution < -0.4 is 21.3 Å². The van der Waals surface area contributed by atoms with Gasteiger partial charge in [0.25, 0.3) is 0 Å². The van der Waals surface area contributed by atoms with Gasteiger partial charge in [-0.2, -0.15) is 0 Å². The Morgan fingerprint density at radius 1 is 0.921 bits per heavy atom. The van der Waals surface area contributed by atoms with Crippen molar-refractivity contribution in [3.05, 3.63) is 65.2 Å². The van der Waals surface area contributed by atoms with Crippen LogP contribution in [0.1, 0.15) is 87.7 Å². The lowest BCUT2D eigenvalue weighted by Gasteiger charge is -2.39. The van der Waals surface area contributed by atoms with Gasteiger partial charge >= 0.3 is 12.0 Å². The van der Waals surface area contributed by atoms with Crippen molar-refractivity contribution in [3.63, 3.8) is 0 Å². The summed E-state index contributed by atoms with van der Waals surface area (Å²) in [7, 11) is 0. The van der Waals surface area contributed by atoms with E-state index >= 15 is 0 Å². The van der Waals surface area contributed by atoms with Gasteiger partial charge in [0.2, 0.25) is 29.5 Å². The number of urea groups is 1. The van der Waals surface area contributed by atoms with E-state index < -0.39 is 83.6 Å². The molecule has 63 heavy (non-hydrogen) atoms. The molecule has 18 nitrogen and oxygen atoms in total. The number of aliphatic hydroxyl groups is 2. The van der Waals surface area contributed by atoms with Crippen LogP contribution in [0.4, 0.5) is 10.5 Å². The summed E-state index contributed by atoms with van der Waals surface area (Å²) in [6.07, 6.45) is -0.420. The number of likely N-dealkylation sites (tertiary alicyclic amines) is 3. The first-order valence-electron chi connectivity index (χ1n) is 21.7. The summed E-state index contributed by atoms with van der Waals surface area (Å²) in [4.78, 5) is 112. The molecule has 0 aromatic heterocycles. The minimum absolute atomic E-state index is 0.00817. The Kier molecular flexibility index (Phi) is 14.6. The largest absolute Gasteiger partial charge is 0.462 e. The molecule has 1 saturated carbocycles. The van der Waals surface area contributed by atoms with Crippen molar-refractivity contribution in [3.8, 4) is 0 Å². The van der Waals surface area contributed by atoms with E-state index in [1.165, 1.54) is 36.1 Å². The second kappa shape index (κ2) is 19.7. The Balaban J connectivity index is 1.14. The van der Waals surface area contributed by atoms with Crippen LogP contribution in [0, 0.1) is 12.8 Å². The fourth-order valence-corrected chi connectivity index (χ4v) is 9.08. The van der Waals surface area contributed by atoms with E-state index in [1.54, 1.807) is 30.9 Å². The quantitative estimate of drug-likeness (QED) is 0.147. The predicted molar refractivity (Wildman–Crippen MR) is 228 cm³/mol. The molecule has 7 amide bonds. The number of hydrogen-bond donors (Lipinski definition) is 6. The van der Waals surface area contributed by atoms with Crippen LogP contribution in [0.5, 0.6) is 0 Å². The van der Waals surface area contributed by atoms with Crippen LogP contribution in [0.2, 0.25) is 0 Å². The van der Waals surface area contributed by atoms with Crippen molar-refractivity contribution >= 4 is 53.0 Å². The average molecular weight is 874 g/mol. The summed E-state index contributed by atoms with van der Waals surface area (Å²) < 4.78 is 5.00. The Bertz CT molecular complexity index is 2100. The number of hydrogen-bond acceptors (Lipinski definition) is 11. The summed E-state index contributed by atoms with van der Waals surface area (Å²) in [6, 6.07) is 6.36. The van der Waals surface area contributed by atoms with E-state index in [4.69, 9.17) is 4.74 Å². The lowest BCUT2D eigenvalue weighted by Crippen LogP contribution is -2.62. The molecule has 6 rings (SSSR count). The molecule has 0 radical (unpaired) electrons. The first-order chi connectivity index (χ1) is 29.9. The number of esters is 1. The number of piperidine rings is 1. The number of nitrogens with zero attached hydrogens (tertiary/aromatic N) is 3. The third-order valence-corrected chi connectivity index (χ3v) is 12.3. The summed E-state index contributed by atoms with van der Waals surface area (Å²) in [5, 5.41) is 32.4. The number of β-amino-alcohol motifs (C(OH)–C–C–N with tert-alkyl or cyclic N) is 1. The number of nitrogens with one attached hydrogen (secondary N) is 4. The summed E-state index contributed by atoms with van der Waals surface area (Å²) in [5.74, 6) is -3.56. The van der Waals surface area contributed by atoms with Gasteiger partial charge in [-0.3, -0.25) is 28.8 Å². The highest BCUT2D eigenvalue weighted by Gasteiger charge is 2.63. The second-order valence-corrected chi connectivity index (χ2v) is 17.4. The van der Waals surface area contributed by atoms with E-state index in [2.05, 4.69) is 21.3 Å². The first kappa shape index (κ1) is 46.6. The highest BCUT2D eigenvalue weighted by Crippen LogP contribution is 2.48. The minimum atomic E-state index is -1.61. The Morgan fingerprint density at radius 2 is 1.63 bits per heavy atom. The van der Waals surface area contributed by atoms with Crippen LogP contribution in [-0.2, 0) is 39.9 Å². The number of amides is 7. The van der Waals surface area contributed by atoms with E-state index in [9.17, 15) is 48.6 Å². The number of benzene rings is 2. The monoisotopic (exact) mass is 873 g/mol. The van der Waals surface area contributed by atoms with E-state index in [1.807, 2.05) is 26.0 Å². The number of carbonyl (C=O) groups excluding carboxylic acids is 8. The average Bonchev–Trinajstić information content (AvgIpc) is 3.52.